The molecular formula is C28H28ClN7O4S. The van der Waals surface area contributed by atoms with Gasteiger partial charge in [-0.25, -0.2) is 18.4 Å². The summed E-state index contributed by atoms with van der Waals surface area (Å²) in [4.78, 5) is 44.9. The summed E-state index contributed by atoms with van der Waals surface area (Å²) in [6.45, 7) is 1.46. The number of pyridine rings is 1. The van der Waals surface area contributed by atoms with Crippen LogP contribution in [0.5, 0.6) is 0 Å². The summed E-state index contributed by atoms with van der Waals surface area (Å²) in [5.41, 5.74) is 2.30. The van der Waals surface area contributed by atoms with Gasteiger partial charge >= 0.3 is 0 Å². The van der Waals surface area contributed by atoms with Crippen molar-refractivity contribution in [2.75, 3.05) is 32.7 Å². The molecule has 1 atom stereocenters. The third-order valence-electron chi connectivity index (χ3n) is 7.64. The van der Waals surface area contributed by atoms with E-state index < -0.39 is 16.1 Å². The molecule has 0 spiro atoms. The summed E-state index contributed by atoms with van der Waals surface area (Å²) < 4.78 is 28.8. The molecule has 1 N–H and O–H groups in total. The fourth-order valence-corrected chi connectivity index (χ4v) is 7.08. The normalized spacial score (nSPS) is 18.4. The van der Waals surface area contributed by atoms with E-state index in [1.807, 2.05) is 12.1 Å². The molecule has 0 saturated carbocycles. The molecule has 4 aromatic rings. The number of carbonyl (C=O) groups excluding carboxylic acids is 2. The van der Waals surface area contributed by atoms with E-state index in [2.05, 4.69) is 19.9 Å². The summed E-state index contributed by atoms with van der Waals surface area (Å²) in [5, 5.41) is 1.28. The number of aromatic nitrogens is 4. The van der Waals surface area contributed by atoms with Gasteiger partial charge in [-0.2, -0.15) is 4.31 Å². The van der Waals surface area contributed by atoms with Crippen LogP contribution in [-0.4, -0.2) is 93.0 Å². The van der Waals surface area contributed by atoms with E-state index in [0.717, 1.165) is 17.5 Å². The van der Waals surface area contributed by atoms with Gasteiger partial charge in [-0.3, -0.25) is 14.6 Å². The van der Waals surface area contributed by atoms with Crippen LogP contribution in [0.15, 0.2) is 66.2 Å². The van der Waals surface area contributed by atoms with Crippen LogP contribution >= 0.6 is 11.6 Å². The largest absolute Gasteiger partial charge is 0.345 e. The first-order valence-electron chi connectivity index (χ1n) is 13.4. The van der Waals surface area contributed by atoms with Gasteiger partial charge in [-0.15, -0.1) is 0 Å². The van der Waals surface area contributed by atoms with Gasteiger partial charge in [-0.05, 0) is 54.8 Å². The van der Waals surface area contributed by atoms with Crippen LogP contribution in [0.4, 0.5) is 0 Å². The first-order valence-corrected chi connectivity index (χ1v) is 15.2. The number of hydrogen-bond acceptors (Lipinski definition) is 7. The highest BCUT2D eigenvalue weighted by atomic mass is 35.5. The molecule has 2 saturated heterocycles. The molecule has 6 rings (SSSR count). The number of aromatic amines is 1. The Bertz CT molecular complexity index is 1700. The van der Waals surface area contributed by atoms with Gasteiger partial charge in [0.2, 0.25) is 11.7 Å². The molecule has 0 aliphatic carbocycles. The zero-order valence-electron chi connectivity index (χ0n) is 22.1. The lowest BCUT2D eigenvalue weighted by molar-refractivity contribution is -0.127. The topological polar surface area (TPSA) is 132 Å². The number of carbonyl (C=O) groups is 2. The first-order chi connectivity index (χ1) is 19.8. The fraction of sp³-hybridized carbons (Fsp3) is 0.321. The molecule has 212 valence electrons. The maximum atomic E-state index is 13.7. The Morgan fingerprint density at radius 1 is 1.02 bits per heavy atom. The summed E-state index contributed by atoms with van der Waals surface area (Å²) in [5.74, 6) is -0.259. The summed E-state index contributed by atoms with van der Waals surface area (Å²) in [7, 11) is -3.89. The number of rotatable bonds is 7. The Hall–Kier alpha value is -3.87. The van der Waals surface area contributed by atoms with E-state index in [4.69, 9.17) is 11.6 Å². The van der Waals surface area contributed by atoms with Crippen molar-refractivity contribution in [1.29, 1.82) is 0 Å². The smallest absolute Gasteiger partial charge is 0.291 e. The van der Waals surface area contributed by atoms with Crippen LogP contribution in [0.2, 0.25) is 5.02 Å². The number of likely N-dealkylation sites (tertiary alicyclic amines) is 1. The predicted molar refractivity (Wildman–Crippen MR) is 153 cm³/mol. The van der Waals surface area contributed by atoms with E-state index in [1.165, 1.54) is 4.31 Å². The highest BCUT2D eigenvalue weighted by Gasteiger charge is 2.38. The van der Waals surface area contributed by atoms with Crippen molar-refractivity contribution in [3.05, 3.63) is 72.0 Å². The minimum Gasteiger partial charge on any atom is -0.345 e. The number of halogens is 1. The molecule has 13 heteroatoms. The third kappa shape index (κ3) is 5.54. The fourth-order valence-electron chi connectivity index (χ4n) is 5.42. The lowest BCUT2D eigenvalue weighted by atomic mass is 10.1. The zero-order valence-corrected chi connectivity index (χ0v) is 23.7. The number of benzene rings is 1. The Balaban J connectivity index is 1.24. The molecule has 0 bridgehead atoms. The van der Waals surface area contributed by atoms with Gasteiger partial charge in [0.05, 0.1) is 0 Å². The number of nitrogens with one attached hydrogen (secondary N) is 1. The van der Waals surface area contributed by atoms with Crippen LogP contribution in [0.25, 0.3) is 22.0 Å². The second-order valence-corrected chi connectivity index (χ2v) is 12.5. The Labute approximate surface area is 242 Å². The summed E-state index contributed by atoms with van der Waals surface area (Å²) in [6, 6.07) is 9.91. The van der Waals surface area contributed by atoms with Crippen molar-refractivity contribution in [2.45, 2.75) is 30.3 Å². The van der Waals surface area contributed by atoms with E-state index in [0.29, 0.717) is 41.9 Å². The van der Waals surface area contributed by atoms with Crippen molar-refractivity contribution in [2.24, 2.45) is 0 Å². The average molecular weight is 594 g/mol. The van der Waals surface area contributed by atoms with Crippen LogP contribution in [0, 0.1) is 0 Å². The predicted octanol–water partition coefficient (Wildman–Crippen LogP) is 3.20. The van der Waals surface area contributed by atoms with E-state index >= 15 is 0 Å². The Morgan fingerprint density at radius 2 is 1.80 bits per heavy atom. The number of fused-ring (bicyclic) bond motifs is 1. The molecule has 2 aliphatic heterocycles. The number of sulfonamides is 1. The average Bonchev–Trinajstić information content (AvgIpc) is 3.62. The van der Waals surface area contributed by atoms with Crippen molar-refractivity contribution in [1.82, 2.24) is 34.0 Å². The molecule has 0 radical (unpaired) electrons. The van der Waals surface area contributed by atoms with Crippen molar-refractivity contribution in [3.8, 4) is 11.1 Å². The summed E-state index contributed by atoms with van der Waals surface area (Å²) >= 11 is 6.09. The molecule has 41 heavy (non-hydrogen) atoms. The van der Waals surface area contributed by atoms with E-state index in [9.17, 15) is 18.0 Å². The molecule has 1 aromatic carbocycles. The second kappa shape index (κ2) is 11.2. The maximum Gasteiger partial charge on any atom is 0.291 e. The molecule has 1 unspecified atom stereocenters. The standard InChI is InChI=1S/C28H28ClN7O4S/c29-22-3-4-24-20(14-22)15-25(33-24)41(39,40)35-12-13-36(23(18-35)7-11-34-10-1-2-26(34)37)28(38)27-31-16-21(17-32-27)19-5-8-30-9-6-19/h3-6,8-9,14-17,23,33H,1-2,7,10-13,18H2. The maximum absolute atomic E-state index is 13.7. The van der Waals surface area contributed by atoms with Crippen LogP contribution in [0.3, 0.4) is 0 Å². The van der Waals surface area contributed by atoms with Crippen molar-refractivity contribution in [3.63, 3.8) is 0 Å². The van der Waals surface area contributed by atoms with Gasteiger partial charge < -0.3 is 14.8 Å². The second-order valence-electron chi connectivity index (χ2n) is 10.2. The highest BCUT2D eigenvalue weighted by molar-refractivity contribution is 7.89. The van der Waals surface area contributed by atoms with Gasteiger partial charge in [0.25, 0.3) is 15.9 Å². The summed E-state index contributed by atoms with van der Waals surface area (Å²) in [6.07, 6.45) is 8.27. The van der Waals surface area contributed by atoms with E-state index in [1.54, 1.807) is 58.9 Å². The molecule has 2 aliphatic rings. The Morgan fingerprint density at radius 3 is 2.54 bits per heavy atom. The van der Waals surface area contributed by atoms with Crippen LogP contribution in [0.1, 0.15) is 29.9 Å². The minimum atomic E-state index is -3.89. The first kappa shape index (κ1) is 27.3. The van der Waals surface area contributed by atoms with Gasteiger partial charge in [0.15, 0.2) is 0 Å². The monoisotopic (exact) mass is 593 g/mol. The Kier molecular flexibility index (Phi) is 7.45. The number of piperazine rings is 1. The molecule has 3 aromatic heterocycles. The lowest BCUT2D eigenvalue weighted by Crippen LogP contribution is -2.57. The number of hydrogen-bond donors (Lipinski definition) is 1. The molecule has 11 nitrogen and oxygen atoms in total. The van der Waals surface area contributed by atoms with Gasteiger partial charge in [0.1, 0.15) is 5.03 Å². The zero-order chi connectivity index (χ0) is 28.6. The van der Waals surface area contributed by atoms with Crippen LogP contribution in [-0.2, 0) is 14.8 Å². The number of amides is 2. The molecule has 5 heterocycles. The molecule has 2 amide bonds. The quantitative estimate of drug-likeness (QED) is 0.348. The molecular weight excluding hydrogens is 566 g/mol. The highest BCUT2D eigenvalue weighted by Crippen LogP contribution is 2.27. The van der Waals surface area contributed by atoms with Gasteiger partial charge in [-0.1, -0.05) is 11.6 Å². The number of H-pyrrole nitrogens is 1. The van der Waals surface area contributed by atoms with Gasteiger partial charge in [0, 0.05) is 91.5 Å². The molecule has 2 fully saturated rings. The number of nitrogens with zero attached hydrogens (tertiary/aromatic N) is 6. The van der Waals surface area contributed by atoms with Crippen molar-refractivity contribution >= 4 is 44.3 Å². The SMILES string of the molecule is O=C1CCCN1CCC1CN(S(=O)(=O)c2cc3cc(Cl)ccc3[nH]2)CCN1C(=O)c1ncc(-c2ccncc2)cn1. The van der Waals surface area contributed by atoms with Crippen LogP contribution < -0.4 is 0 Å². The lowest BCUT2D eigenvalue weighted by Gasteiger charge is -2.40. The van der Waals surface area contributed by atoms with E-state index in [-0.39, 0.29) is 42.3 Å². The van der Waals surface area contributed by atoms with Crippen molar-refractivity contribution < 1.29 is 18.0 Å². The third-order valence-corrected chi connectivity index (χ3v) is 9.66. The minimum absolute atomic E-state index is 0.0360.